The van der Waals surface area contributed by atoms with E-state index in [1.165, 1.54) is 13.3 Å². The van der Waals surface area contributed by atoms with Crippen molar-refractivity contribution in [3.05, 3.63) is 12.7 Å². The summed E-state index contributed by atoms with van der Waals surface area (Å²) < 4.78 is 12.6. The Morgan fingerprint density at radius 2 is 2.38 bits per heavy atom. The monoisotopic (exact) mass is 293 g/mol. The Labute approximate surface area is 119 Å². The quantitative estimate of drug-likeness (QED) is 0.733. The minimum absolute atomic E-state index is 0.238. The molecule has 1 aliphatic rings. The maximum atomic E-state index is 11.1. The number of rotatable bonds is 3. The number of nitrogen functional groups attached to an aromatic ring is 1. The Hall–Kier alpha value is -2.26. The number of carbonyl (C=O) groups is 1. The number of hydrogen-bond acceptors (Lipinski definition) is 8. The Kier molecular flexibility index (Phi) is 3.43. The van der Waals surface area contributed by atoms with Gasteiger partial charge < -0.3 is 20.3 Å². The number of imidazole rings is 1. The second kappa shape index (κ2) is 5.26. The van der Waals surface area contributed by atoms with Gasteiger partial charge in [0.25, 0.3) is 0 Å². The fraction of sp³-hybridized carbons (Fsp3) is 0.500. The lowest BCUT2D eigenvalue weighted by Crippen LogP contribution is -2.29. The molecule has 2 aromatic rings. The number of ether oxygens (including phenoxy) is 2. The van der Waals surface area contributed by atoms with Gasteiger partial charge in [0.1, 0.15) is 30.3 Å². The zero-order chi connectivity index (χ0) is 15.0. The van der Waals surface area contributed by atoms with Crippen LogP contribution < -0.4 is 5.73 Å². The van der Waals surface area contributed by atoms with Crippen molar-refractivity contribution in [2.45, 2.75) is 31.8 Å². The molecule has 3 heterocycles. The number of aliphatic hydroxyl groups excluding tert-OH is 1. The molecule has 0 spiro atoms. The van der Waals surface area contributed by atoms with E-state index in [1.807, 2.05) is 0 Å². The summed E-state index contributed by atoms with van der Waals surface area (Å²) in [5.41, 5.74) is 6.76. The molecule has 21 heavy (non-hydrogen) atoms. The molecule has 0 bridgehead atoms. The van der Waals surface area contributed by atoms with E-state index in [1.54, 1.807) is 10.9 Å². The van der Waals surface area contributed by atoms with Gasteiger partial charge in [0, 0.05) is 13.3 Å². The lowest BCUT2D eigenvalue weighted by atomic mass is 10.2. The standard InChI is InChI=1S/C12H15N5O4/c1-6(19)20-7-2-9(21-8(7)3-18)17-5-16-10-11(13)14-4-15-12(10)17/h4-5,7-9,18H,2-3H2,1H3,(H2,13,14,15)/t7-,8+,9-/m0/s1. The molecule has 3 rings (SSSR count). The van der Waals surface area contributed by atoms with Crippen LogP contribution in [0.15, 0.2) is 12.7 Å². The van der Waals surface area contributed by atoms with E-state index >= 15 is 0 Å². The highest BCUT2D eigenvalue weighted by atomic mass is 16.6. The minimum atomic E-state index is -0.574. The van der Waals surface area contributed by atoms with Gasteiger partial charge in [0.05, 0.1) is 12.9 Å². The smallest absolute Gasteiger partial charge is 0.302 e. The molecule has 1 fully saturated rings. The van der Waals surface area contributed by atoms with E-state index in [4.69, 9.17) is 15.2 Å². The van der Waals surface area contributed by atoms with E-state index in [0.717, 1.165) is 0 Å². The number of nitrogens with zero attached hydrogens (tertiary/aromatic N) is 4. The van der Waals surface area contributed by atoms with Crippen LogP contribution in [0.4, 0.5) is 5.82 Å². The van der Waals surface area contributed by atoms with Crippen LogP contribution in [0.25, 0.3) is 11.2 Å². The third-order valence-electron chi connectivity index (χ3n) is 3.38. The lowest BCUT2D eigenvalue weighted by Gasteiger charge is -2.15. The molecule has 3 N–H and O–H groups in total. The van der Waals surface area contributed by atoms with Crippen molar-refractivity contribution in [2.75, 3.05) is 12.3 Å². The average molecular weight is 293 g/mol. The first-order valence-corrected chi connectivity index (χ1v) is 6.46. The molecule has 0 aromatic carbocycles. The largest absolute Gasteiger partial charge is 0.460 e. The van der Waals surface area contributed by atoms with Crippen molar-refractivity contribution in [2.24, 2.45) is 0 Å². The molecule has 0 unspecified atom stereocenters. The second-order valence-electron chi connectivity index (χ2n) is 4.78. The molecule has 0 amide bonds. The summed E-state index contributed by atoms with van der Waals surface area (Å²) in [5.74, 6) is -0.128. The van der Waals surface area contributed by atoms with Crippen LogP contribution >= 0.6 is 0 Å². The normalized spacial score (nSPS) is 25.3. The van der Waals surface area contributed by atoms with Gasteiger partial charge in [-0.15, -0.1) is 0 Å². The van der Waals surface area contributed by atoms with Crippen molar-refractivity contribution in [1.82, 2.24) is 19.5 Å². The van der Waals surface area contributed by atoms with Gasteiger partial charge >= 0.3 is 5.97 Å². The van der Waals surface area contributed by atoms with Crippen LogP contribution in [0.5, 0.6) is 0 Å². The second-order valence-corrected chi connectivity index (χ2v) is 4.78. The van der Waals surface area contributed by atoms with Crippen molar-refractivity contribution >= 4 is 23.0 Å². The summed E-state index contributed by atoms with van der Waals surface area (Å²) in [7, 11) is 0. The van der Waals surface area contributed by atoms with E-state index in [-0.39, 0.29) is 12.4 Å². The molecule has 2 aromatic heterocycles. The van der Waals surface area contributed by atoms with Crippen LogP contribution in [0.1, 0.15) is 19.6 Å². The number of aliphatic hydroxyl groups is 1. The van der Waals surface area contributed by atoms with E-state index in [2.05, 4.69) is 15.0 Å². The maximum absolute atomic E-state index is 11.1. The highest BCUT2D eigenvalue weighted by Gasteiger charge is 2.38. The fourth-order valence-electron chi connectivity index (χ4n) is 2.45. The molecular weight excluding hydrogens is 278 g/mol. The molecular formula is C12H15N5O4. The van der Waals surface area contributed by atoms with Gasteiger partial charge in [0.15, 0.2) is 11.5 Å². The molecule has 112 valence electrons. The van der Waals surface area contributed by atoms with Crippen molar-refractivity contribution in [1.29, 1.82) is 0 Å². The van der Waals surface area contributed by atoms with Gasteiger partial charge in [-0.25, -0.2) is 15.0 Å². The number of nitrogens with two attached hydrogens (primary N) is 1. The van der Waals surface area contributed by atoms with Crippen LogP contribution in [-0.4, -0.2) is 49.4 Å². The van der Waals surface area contributed by atoms with Crippen LogP contribution in [0, 0.1) is 0 Å². The SMILES string of the molecule is CC(=O)O[C@H]1C[C@@H](n2cnc3c(N)ncnc32)O[C@@H]1CO. The van der Waals surface area contributed by atoms with Crippen LogP contribution in [0.3, 0.4) is 0 Å². The number of aromatic nitrogens is 4. The zero-order valence-electron chi connectivity index (χ0n) is 11.3. The topological polar surface area (TPSA) is 125 Å². The summed E-state index contributed by atoms with van der Waals surface area (Å²) >= 11 is 0. The summed E-state index contributed by atoms with van der Waals surface area (Å²) in [6.45, 7) is 1.08. The third-order valence-corrected chi connectivity index (χ3v) is 3.38. The van der Waals surface area contributed by atoms with E-state index < -0.39 is 24.4 Å². The summed E-state index contributed by atoms with van der Waals surface area (Å²) in [6, 6.07) is 0. The Morgan fingerprint density at radius 1 is 1.57 bits per heavy atom. The predicted octanol–water partition coefficient (Wildman–Crippen LogP) is -0.380. The third kappa shape index (κ3) is 2.41. The summed E-state index contributed by atoms with van der Waals surface area (Å²) in [6.07, 6.45) is 1.78. The van der Waals surface area contributed by atoms with Crippen LogP contribution in [0.2, 0.25) is 0 Å². The Balaban J connectivity index is 1.90. The predicted molar refractivity (Wildman–Crippen MR) is 70.9 cm³/mol. The van der Waals surface area contributed by atoms with Gasteiger partial charge in [-0.3, -0.25) is 9.36 Å². The molecule has 9 heteroatoms. The summed E-state index contributed by atoms with van der Waals surface area (Å²) in [4.78, 5) is 23.3. The molecule has 0 radical (unpaired) electrons. The first-order chi connectivity index (χ1) is 10.1. The first-order valence-electron chi connectivity index (χ1n) is 6.46. The molecule has 1 aliphatic heterocycles. The van der Waals surface area contributed by atoms with Crippen LogP contribution in [-0.2, 0) is 14.3 Å². The molecule has 0 aliphatic carbocycles. The fourth-order valence-corrected chi connectivity index (χ4v) is 2.45. The average Bonchev–Trinajstić information content (AvgIpc) is 3.02. The van der Waals surface area contributed by atoms with Gasteiger partial charge in [0.2, 0.25) is 0 Å². The van der Waals surface area contributed by atoms with E-state index in [0.29, 0.717) is 17.6 Å². The molecule has 3 atom stereocenters. The van der Waals surface area contributed by atoms with Gasteiger partial charge in [-0.2, -0.15) is 0 Å². The van der Waals surface area contributed by atoms with Gasteiger partial charge in [-0.1, -0.05) is 0 Å². The Morgan fingerprint density at radius 3 is 3.10 bits per heavy atom. The number of hydrogen-bond donors (Lipinski definition) is 2. The maximum Gasteiger partial charge on any atom is 0.302 e. The first kappa shape index (κ1) is 13.7. The highest BCUT2D eigenvalue weighted by molar-refractivity contribution is 5.81. The van der Waals surface area contributed by atoms with E-state index in [9.17, 15) is 9.90 Å². The Bertz CT molecular complexity index is 673. The minimum Gasteiger partial charge on any atom is -0.460 e. The van der Waals surface area contributed by atoms with Crippen molar-refractivity contribution in [3.63, 3.8) is 0 Å². The molecule has 9 nitrogen and oxygen atoms in total. The highest BCUT2D eigenvalue weighted by Crippen LogP contribution is 2.32. The number of fused-ring (bicyclic) bond motifs is 1. The zero-order valence-corrected chi connectivity index (χ0v) is 11.3. The van der Waals surface area contributed by atoms with Crippen molar-refractivity contribution in [3.8, 4) is 0 Å². The lowest BCUT2D eigenvalue weighted by molar-refractivity contribution is -0.150. The summed E-state index contributed by atoms with van der Waals surface area (Å²) in [5, 5.41) is 9.34. The molecule has 0 saturated carbocycles. The molecule has 1 saturated heterocycles. The number of anilines is 1. The van der Waals surface area contributed by atoms with Crippen molar-refractivity contribution < 1.29 is 19.4 Å². The number of esters is 1. The number of carbonyl (C=O) groups excluding carboxylic acids is 1. The van der Waals surface area contributed by atoms with Gasteiger partial charge in [-0.05, 0) is 0 Å².